The Labute approximate surface area is 321 Å². The number of benzene rings is 4. The lowest BCUT2D eigenvalue weighted by Crippen LogP contribution is -2.56. The Kier molecular flexibility index (Phi) is 12.7. The highest BCUT2D eigenvalue weighted by Gasteiger charge is 2.34. The summed E-state index contributed by atoms with van der Waals surface area (Å²) < 4.78 is 0. The van der Waals surface area contributed by atoms with Crippen molar-refractivity contribution < 1.29 is 14.4 Å². The molecule has 8 nitrogen and oxygen atoms in total. The number of carbonyl (C=O) groups is 3. The molecule has 0 spiro atoms. The van der Waals surface area contributed by atoms with E-state index in [-0.39, 0.29) is 23.1 Å². The van der Waals surface area contributed by atoms with Crippen molar-refractivity contribution in [3.8, 4) is 0 Å². The van der Waals surface area contributed by atoms with Crippen molar-refractivity contribution in [2.24, 2.45) is 0 Å². The lowest BCUT2D eigenvalue weighted by Gasteiger charge is -2.39. The molecule has 6 rings (SSSR count). The molecule has 2 fully saturated rings. The second-order valence-electron chi connectivity index (χ2n) is 15.6. The third kappa shape index (κ3) is 10.3. The van der Waals surface area contributed by atoms with Crippen molar-refractivity contribution in [1.29, 1.82) is 0 Å². The second-order valence-corrected chi connectivity index (χ2v) is 15.6. The summed E-state index contributed by atoms with van der Waals surface area (Å²) in [6, 6.07) is 36.4. The smallest absolute Gasteiger partial charge is 0.247 e. The predicted molar refractivity (Wildman–Crippen MR) is 218 cm³/mol. The van der Waals surface area contributed by atoms with Crippen LogP contribution < -0.4 is 4.90 Å². The van der Waals surface area contributed by atoms with Gasteiger partial charge < -0.3 is 19.6 Å². The number of hydrogen-bond acceptors (Lipinski definition) is 5. The Balaban J connectivity index is 1.25. The lowest BCUT2D eigenvalue weighted by atomic mass is 9.87. The summed E-state index contributed by atoms with van der Waals surface area (Å²) >= 11 is 0. The molecule has 0 aromatic heterocycles. The maximum Gasteiger partial charge on any atom is 0.247 e. The van der Waals surface area contributed by atoms with Crippen molar-refractivity contribution in [3.63, 3.8) is 0 Å². The molecule has 2 heterocycles. The minimum Gasteiger partial charge on any atom is -0.368 e. The molecule has 54 heavy (non-hydrogen) atoms. The van der Waals surface area contributed by atoms with Gasteiger partial charge >= 0.3 is 0 Å². The minimum atomic E-state index is -0.687. The fraction of sp³-hybridized carbons (Fsp3) is 0.370. The first-order chi connectivity index (χ1) is 26.0. The van der Waals surface area contributed by atoms with Crippen LogP contribution in [0.2, 0.25) is 0 Å². The van der Waals surface area contributed by atoms with E-state index in [0.29, 0.717) is 39.1 Å². The van der Waals surface area contributed by atoms with E-state index in [1.807, 2.05) is 64.4 Å². The van der Waals surface area contributed by atoms with Gasteiger partial charge in [-0.2, -0.15) is 0 Å². The van der Waals surface area contributed by atoms with Gasteiger partial charge in [0.05, 0.1) is 0 Å². The van der Waals surface area contributed by atoms with Crippen LogP contribution in [0.4, 0.5) is 5.69 Å². The third-order valence-electron chi connectivity index (χ3n) is 10.7. The third-order valence-corrected chi connectivity index (χ3v) is 10.7. The zero-order valence-corrected chi connectivity index (χ0v) is 32.4. The lowest BCUT2D eigenvalue weighted by molar-refractivity contribution is -0.145. The monoisotopic (exact) mass is 725 g/mol. The molecule has 3 amide bonds. The van der Waals surface area contributed by atoms with Crippen molar-refractivity contribution in [1.82, 2.24) is 19.6 Å². The first-order valence-corrected chi connectivity index (χ1v) is 19.3. The van der Waals surface area contributed by atoms with Gasteiger partial charge in [0.25, 0.3) is 0 Å². The highest BCUT2D eigenvalue weighted by molar-refractivity contribution is 5.96. The van der Waals surface area contributed by atoms with Gasteiger partial charge in [-0.15, -0.1) is 0 Å². The van der Waals surface area contributed by atoms with Crippen LogP contribution in [0.25, 0.3) is 6.08 Å². The Bertz CT molecular complexity index is 1850. The molecule has 2 aliphatic heterocycles. The van der Waals surface area contributed by atoms with Gasteiger partial charge in [-0.1, -0.05) is 118 Å². The van der Waals surface area contributed by atoms with Gasteiger partial charge in [-0.05, 0) is 51.4 Å². The normalized spacial score (nSPS) is 16.0. The van der Waals surface area contributed by atoms with Crippen molar-refractivity contribution in [3.05, 3.63) is 143 Å². The highest BCUT2D eigenvalue weighted by atomic mass is 16.2. The van der Waals surface area contributed by atoms with E-state index in [1.165, 1.54) is 11.1 Å². The van der Waals surface area contributed by atoms with E-state index >= 15 is 0 Å². The molecule has 4 aromatic carbocycles. The van der Waals surface area contributed by atoms with Crippen LogP contribution >= 0.6 is 0 Å². The van der Waals surface area contributed by atoms with E-state index in [0.717, 1.165) is 55.1 Å². The Morgan fingerprint density at radius 1 is 0.667 bits per heavy atom. The first kappa shape index (κ1) is 38.5. The van der Waals surface area contributed by atoms with Crippen LogP contribution in [0.1, 0.15) is 55.5 Å². The fourth-order valence-corrected chi connectivity index (χ4v) is 7.33. The maximum atomic E-state index is 14.7. The standard InChI is InChI=1S/C46H55N5O3/c1-36(52)48-29-31-49(32-30-48)42-22-17-40(18-23-42)35-51(44(53)24-19-37-15-20-41(21-16-37)46(2,3)4)43(33-38-11-7-5-8-12-38)45(54)50-27-25-47(26-28-50)34-39-13-9-6-10-14-39/h5-24,43H,25-35H2,1-4H3/b24-19+/t43-/m0/s1. The molecule has 0 radical (unpaired) electrons. The summed E-state index contributed by atoms with van der Waals surface area (Å²) in [6.45, 7) is 15.1. The highest BCUT2D eigenvalue weighted by Crippen LogP contribution is 2.24. The average Bonchev–Trinajstić information content (AvgIpc) is 3.19. The van der Waals surface area contributed by atoms with Crippen LogP contribution in [0.3, 0.4) is 0 Å². The van der Waals surface area contributed by atoms with Crippen LogP contribution in [-0.2, 0) is 39.3 Å². The Morgan fingerprint density at radius 3 is 1.81 bits per heavy atom. The van der Waals surface area contributed by atoms with Gasteiger partial charge in [0.1, 0.15) is 6.04 Å². The summed E-state index contributed by atoms with van der Waals surface area (Å²) in [6.07, 6.45) is 3.90. The minimum absolute atomic E-state index is 0.0190. The molecule has 0 N–H and O–H groups in total. The molecule has 282 valence electrons. The van der Waals surface area contributed by atoms with Crippen LogP contribution in [-0.4, -0.2) is 95.7 Å². The van der Waals surface area contributed by atoms with Crippen molar-refractivity contribution >= 4 is 29.5 Å². The molecular weight excluding hydrogens is 671 g/mol. The van der Waals surface area contributed by atoms with Gasteiger partial charge in [0, 0.05) is 90.6 Å². The summed E-state index contributed by atoms with van der Waals surface area (Å²) in [5, 5.41) is 0. The van der Waals surface area contributed by atoms with E-state index in [4.69, 9.17) is 0 Å². The zero-order valence-electron chi connectivity index (χ0n) is 32.4. The molecule has 0 bridgehead atoms. The molecule has 0 saturated carbocycles. The number of hydrogen-bond donors (Lipinski definition) is 0. The summed E-state index contributed by atoms with van der Waals surface area (Å²) in [5.74, 6) is -0.106. The van der Waals surface area contributed by atoms with E-state index in [9.17, 15) is 14.4 Å². The summed E-state index contributed by atoms with van der Waals surface area (Å²) in [7, 11) is 0. The fourth-order valence-electron chi connectivity index (χ4n) is 7.33. The number of piperazine rings is 2. The van der Waals surface area contributed by atoms with Crippen LogP contribution in [0, 0.1) is 0 Å². The zero-order chi connectivity index (χ0) is 38.1. The van der Waals surface area contributed by atoms with E-state index in [2.05, 4.69) is 91.2 Å². The molecule has 2 saturated heterocycles. The number of carbonyl (C=O) groups excluding carboxylic acids is 3. The maximum absolute atomic E-state index is 14.7. The molecule has 8 heteroatoms. The molecule has 0 unspecified atom stereocenters. The predicted octanol–water partition coefficient (Wildman–Crippen LogP) is 6.65. The Morgan fingerprint density at radius 2 is 1.24 bits per heavy atom. The quantitative estimate of drug-likeness (QED) is 0.162. The summed E-state index contributed by atoms with van der Waals surface area (Å²) in [4.78, 5) is 51.3. The van der Waals surface area contributed by atoms with Crippen molar-refractivity contribution in [2.45, 2.75) is 58.7 Å². The van der Waals surface area contributed by atoms with E-state index < -0.39 is 6.04 Å². The number of anilines is 1. The van der Waals surface area contributed by atoms with Gasteiger partial charge in [-0.3, -0.25) is 19.3 Å². The van der Waals surface area contributed by atoms with Crippen molar-refractivity contribution in [2.75, 3.05) is 57.3 Å². The summed E-state index contributed by atoms with van der Waals surface area (Å²) in [5.41, 5.74) is 6.52. The average molecular weight is 726 g/mol. The molecular formula is C46H55N5O3. The largest absolute Gasteiger partial charge is 0.368 e. The topological polar surface area (TPSA) is 67.4 Å². The Hall–Kier alpha value is -5.21. The van der Waals surface area contributed by atoms with Crippen LogP contribution in [0.15, 0.2) is 115 Å². The SMILES string of the molecule is CC(=O)N1CCN(c2ccc(CN(C(=O)/C=C/c3ccc(C(C)(C)C)cc3)[C@@H](Cc3ccccc3)C(=O)N3CCN(Cc4ccccc4)CC3)cc2)CC1. The molecule has 0 aliphatic carbocycles. The van der Waals surface area contributed by atoms with Crippen LogP contribution in [0.5, 0.6) is 0 Å². The van der Waals surface area contributed by atoms with Gasteiger partial charge in [-0.25, -0.2) is 0 Å². The first-order valence-electron chi connectivity index (χ1n) is 19.3. The number of amides is 3. The molecule has 1 atom stereocenters. The molecule has 4 aromatic rings. The van der Waals surface area contributed by atoms with E-state index in [1.54, 1.807) is 17.9 Å². The number of rotatable bonds is 11. The van der Waals surface area contributed by atoms with Gasteiger partial charge in [0.2, 0.25) is 17.7 Å². The number of nitrogens with zero attached hydrogens (tertiary/aromatic N) is 5. The molecule has 2 aliphatic rings. The second kappa shape index (κ2) is 17.7. The van der Waals surface area contributed by atoms with Gasteiger partial charge in [0.15, 0.2) is 0 Å².